The maximum atomic E-state index is 12.7. The Bertz CT molecular complexity index is 1060. The Morgan fingerprint density at radius 1 is 1.07 bits per heavy atom. The van der Waals surface area contributed by atoms with E-state index in [-0.39, 0.29) is 6.61 Å². The molecule has 0 bridgehead atoms. The maximum Gasteiger partial charge on any atom is 0.341 e. The summed E-state index contributed by atoms with van der Waals surface area (Å²) in [5, 5.41) is 8.27. The summed E-state index contributed by atoms with van der Waals surface area (Å²) in [6, 6.07) is 12.4. The zero-order valence-electron chi connectivity index (χ0n) is 16.3. The van der Waals surface area contributed by atoms with E-state index in [9.17, 15) is 9.59 Å². The van der Waals surface area contributed by atoms with Crippen LogP contribution < -0.4 is 10.6 Å². The first-order chi connectivity index (χ1) is 13.9. The number of carbonyl (C=O) groups is 2. The minimum absolute atomic E-state index is 0.245. The van der Waals surface area contributed by atoms with Crippen molar-refractivity contribution in [3.8, 4) is 11.1 Å². The van der Waals surface area contributed by atoms with Crippen molar-refractivity contribution in [2.75, 3.05) is 17.2 Å². The van der Waals surface area contributed by atoms with Gasteiger partial charge >= 0.3 is 12.0 Å². The van der Waals surface area contributed by atoms with Crippen LogP contribution in [0, 0.1) is 13.8 Å². The van der Waals surface area contributed by atoms with Crippen LogP contribution in [0.4, 0.5) is 15.5 Å². The van der Waals surface area contributed by atoms with Crippen LogP contribution >= 0.6 is 22.9 Å². The molecule has 0 aliphatic heterocycles. The van der Waals surface area contributed by atoms with Gasteiger partial charge < -0.3 is 10.1 Å². The first-order valence-corrected chi connectivity index (χ1v) is 10.3. The molecule has 0 radical (unpaired) electrons. The van der Waals surface area contributed by atoms with E-state index < -0.39 is 12.0 Å². The van der Waals surface area contributed by atoms with Crippen LogP contribution in [0.1, 0.15) is 28.4 Å². The third kappa shape index (κ3) is 4.96. The lowest BCUT2D eigenvalue weighted by Crippen LogP contribution is -2.20. The summed E-state index contributed by atoms with van der Waals surface area (Å²) in [6.07, 6.45) is 0. The number of carbonyl (C=O) groups excluding carboxylic acids is 2. The van der Waals surface area contributed by atoms with Crippen molar-refractivity contribution in [2.24, 2.45) is 0 Å². The highest BCUT2D eigenvalue weighted by Gasteiger charge is 2.23. The molecule has 2 N–H and O–H groups in total. The summed E-state index contributed by atoms with van der Waals surface area (Å²) in [7, 11) is 0. The first-order valence-electron chi connectivity index (χ1n) is 9.09. The molecule has 0 spiro atoms. The fourth-order valence-electron chi connectivity index (χ4n) is 2.81. The number of esters is 1. The Labute approximate surface area is 178 Å². The molecule has 0 aliphatic carbocycles. The van der Waals surface area contributed by atoms with Gasteiger partial charge in [-0.15, -0.1) is 11.3 Å². The Morgan fingerprint density at radius 3 is 2.55 bits per heavy atom. The molecule has 1 heterocycles. The molecule has 0 saturated heterocycles. The molecule has 150 valence electrons. The van der Waals surface area contributed by atoms with Crippen molar-refractivity contribution < 1.29 is 14.3 Å². The van der Waals surface area contributed by atoms with Crippen LogP contribution in [0.5, 0.6) is 0 Å². The van der Waals surface area contributed by atoms with Crippen LogP contribution in [-0.4, -0.2) is 18.6 Å². The highest BCUT2D eigenvalue weighted by molar-refractivity contribution is 7.15. The van der Waals surface area contributed by atoms with Crippen molar-refractivity contribution in [3.63, 3.8) is 0 Å². The number of rotatable bonds is 5. The first kappa shape index (κ1) is 20.9. The molecule has 0 unspecified atom stereocenters. The van der Waals surface area contributed by atoms with Crippen LogP contribution in [0.2, 0.25) is 5.02 Å². The van der Waals surface area contributed by atoms with Crippen LogP contribution in [0.15, 0.2) is 47.8 Å². The average Bonchev–Trinajstić information content (AvgIpc) is 3.07. The van der Waals surface area contributed by atoms with Gasteiger partial charge in [0.05, 0.1) is 6.61 Å². The maximum absolute atomic E-state index is 12.7. The highest BCUT2D eigenvalue weighted by Crippen LogP contribution is 2.37. The number of amides is 2. The second-order valence-electron chi connectivity index (χ2n) is 6.46. The zero-order chi connectivity index (χ0) is 21.0. The van der Waals surface area contributed by atoms with E-state index in [2.05, 4.69) is 10.6 Å². The molecule has 3 rings (SSSR count). The van der Waals surface area contributed by atoms with E-state index in [0.29, 0.717) is 21.3 Å². The van der Waals surface area contributed by atoms with Gasteiger partial charge in [-0.05, 0) is 55.7 Å². The molecule has 0 saturated carbocycles. The summed E-state index contributed by atoms with van der Waals surface area (Å²) < 4.78 is 5.24. The van der Waals surface area contributed by atoms with Crippen molar-refractivity contribution in [1.82, 2.24) is 0 Å². The molecular formula is C22H21ClN2O3S. The minimum atomic E-state index is -0.472. The second kappa shape index (κ2) is 9.11. The number of thiophene rings is 1. The fraction of sp³-hybridized carbons (Fsp3) is 0.182. The molecule has 3 aromatic rings. The lowest BCUT2D eigenvalue weighted by Gasteiger charge is -2.11. The van der Waals surface area contributed by atoms with E-state index in [1.165, 1.54) is 16.9 Å². The van der Waals surface area contributed by atoms with Gasteiger partial charge in [0.15, 0.2) is 0 Å². The third-order valence-electron chi connectivity index (χ3n) is 4.40. The van der Waals surface area contributed by atoms with Crippen molar-refractivity contribution in [2.45, 2.75) is 20.8 Å². The topological polar surface area (TPSA) is 67.4 Å². The van der Waals surface area contributed by atoms with Gasteiger partial charge in [-0.3, -0.25) is 5.32 Å². The summed E-state index contributed by atoms with van der Waals surface area (Å²) in [6.45, 7) is 6.05. The lowest BCUT2D eigenvalue weighted by atomic mass is 9.99. The van der Waals surface area contributed by atoms with Gasteiger partial charge in [0.1, 0.15) is 10.6 Å². The van der Waals surface area contributed by atoms with Crippen molar-refractivity contribution >= 4 is 45.6 Å². The Morgan fingerprint density at radius 2 is 1.86 bits per heavy atom. The third-order valence-corrected chi connectivity index (χ3v) is 5.53. The van der Waals surface area contributed by atoms with Crippen molar-refractivity contribution in [3.05, 3.63) is 69.6 Å². The zero-order valence-corrected chi connectivity index (χ0v) is 17.9. The normalized spacial score (nSPS) is 10.5. The van der Waals surface area contributed by atoms with E-state index >= 15 is 0 Å². The van der Waals surface area contributed by atoms with E-state index in [0.717, 1.165) is 16.7 Å². The number of hydrogen-bond acceptors (Lipinski definition) is 4. The molecular weight excluding hydrogens is 408 g/mol. The number of hydrogen-bond donors (Lipinski definition) is 2. The Balaban J connectivity index is 1.91. The molecule has 0 fully saturated rings. The number of nitrogens with one attached hydrogen (secondary N) is 2. The van der Waals surface area contributed by atoms with E-state index in [4.69, 9.17) is 16.3 Å². The molecule has 7 heteroatoms. The summed E-state index contributed by atoms with van der Waals surface area (Å²) in [5.74, 6) is -0.472. The number of urea groups is 1. The molecule has 2 aromatic carbocycles. The fourth-order valence-corrected chi connectivity index (χ4v) is 3.95. The summed E-state index contributed by atoms with van der Waals surface area (Å²) in [4.78, 5) is 25.1. The smallest absolute Gasteiger partial charge is 0.341 e. The lowest BCUT2D eigenvalue weighted by molar-refractivity contribution is 0.0529. The number of benzene rings is 2. The predicted octanol–water partition coefficient (Wildman–Crippen LogP) is 6.51. The van der Waals surface area contributed by atoms with Crippen LogP contribution in [0.3, 0.4) is 0 Å². The largest absolute Gasteiger partial charge is 0.462 e. The molecule has 29 heavy (non-hydrogen) atoms. The van der Waals surface area contributed by atoms with Gasteiger partial charge in [0, 0.05) is 21.7 Å². The monoisotopic (exact) mass is 428 g/mol. The van der Waals surface area contributed by atoms with Gasteiger partial charge in [0.25, 0.3) is 0 Å². The van der Waals surface area contributed by atoms with Crippen molar-refractivity contribution in [1.29, 1.82) is 0 Å². The quantitative estimate of drug-likeness (QED) is 0.455. The summed E-state index contributed by atoms with van der Waals surface area (Å²) in [5.41, 5.74) is 4.82. The van der Waals surface area contributed by atoms with Gasteiger partial charge in [-0.25, -0.2) is 9.59 Å². The van der Waals surface area contributed by atoms with Crippen LogP contribution in [0.25, 0.3) is 11.1 Å². The number of ether oxygens (including phenoxy) is 1. The van der Waals surface area contributed by atoms with Crippen LogP contribution in [-0.2, 0) is 4.74 Å². The van der Waals surface area contributed by atoms with Gasteiger partial charge in [-0.1, -0.05) is 35.9 Å². The van der Waals surface area contributed by atoms with E-state index in [1.54, 1.807) is 31.2 Å². The Kier molecular flexibility index (Phi) is 6.56. The second-order valence-corrected chi connectivity index (χ2v) is 7.78. The molecule has 0 aliphatic rings. The summed E-state index contributed by atoms with van der Waals surface area (Å²) >= 11 is 7.23. The number of anilines is 2. The SMILES string of the molecule is CCOC(=O)c1c(-c2ccc(C)c(C)c2)csc1NC(=O)Nc1cccc(Cl)c1. The molecule has 1 aromatic heterocycles. The minimum Gasteiger partial charge on any atom is -0.462 e. The van der Waals surface area contributed by atoms with E-state index in [1.807, 2.05) is 37.4 Å². The molecule has 0 atom stereocenters. The molecule has 2 amide bonds. The average molecular weight is 429 g/mol. The predicted molar refractivity (Wildman–Crippen MR) is 119 cm³/mol. The van der Waals surface area contributed by atoms with Gasteiger partial charge in [-0.2, -0.15) is 0 Å². The highest BCUT2D eigenvalue weighted by atomic mass is 35.5. The number of halogens is 1. The standard InChI is InChI=1S/C22H21ClN2O3S/c1-4-28-21(26)19-18(15-9-8-13(2)14(3)10-15)12-29-20(19)25-22(27)24-17-7-5-6-16(23)11-17/h5-12H,4H2,1-3H3,(H2,24,25,27). The molecule has 5 nitrogen and oxygen atoms in total. The number of aryl methyl sites for hydroxylation is 2. The Hall–Kier alpha value is -2.83. The van der Waals surface area contributed by atoms with Gasteiger partial charge in [0.2, 0.25) is 0 Å².